The van der Waals surface area contributed by atoms with Crippen LogP contribution in [0.4, 0.5) is 0 Å². The molecule has 7 nitrogen and oxygen atoms in total. The van der Waals surface area contributed by atoms with E-state index in [1.807, 2.05) is 26.0 Å². The molecule has 1 aliphatic heterocycles. The minimum Gasteiger partial charge on any atom is -0.469 e. The summed E-state index contributed by atoms with van der Waals surface area (Å²) in [5, 5.41) is 6.13. The second-order valence-corrected chi connectivity index (χ2v) is 7.43. The summed E-state index contributed by atoms with van der Waals surface area (Å²) in [6, 6.07) is 7.25. The summed E-state index contributed by atoms with van der Waals surface area (Å²) in [4.78, 5) is 30.7. The number of hydrogen-bond donors (Lipinski definition) is 2. The van der Waals surface area contributed by atoms with Gasteiger partial charge >= 0.3 is 5.97 Å². The molecule has 1 heterocycles. The van der Waals surface area contributed by atoms with Crippen molar-refractivity contribution < 1.29 is 14.3 Å². The van der Waals surface area contributed by atoms with E-state index >= 15 is 0 Å². The van der Waals surface area contributed by atoms with Crippen LogP contribution in [0.1, 0.15) is 24.2 Å². The van der Waals surface area contributed by atoms with E-state index in [0.717, 1.165) is 23.5 Å². The maximum Gasteiger partial charge on any atom is 0.310 e. The van der Waals surface area contributed by atoms with Gasteiger partial charge in [0.2, 0.25) is 0 Å². The van der Waals surface area contributed by atoms with E-state index in [2.05, 4.69) is 36.5 Å². The molecule has 1 aromatic rings. The summed E-state index contributed by atoms with van der Waals surface area (Å²) in [6.45, 7) is 7.00. The van der Waals surface area contributed by atoms with Crippen LogP contribution in [0.2, 0.25) is 0 Å². The molecule has 0 radical (unpaired) electrons. The monoisotopic (exact) mass is 566 g/mol. The minimum atomic E-state index is -0.179. The number of rotatable bonds is 6. The lowest BCUT2D eigenvalue weighted by molar-refractivity contribution is -0.145. The Morgan fingerprint density at radius 1 is 1.32 bits per heavy atom. The fourth-order valence-electron chi connectivity index (χ4n) is 3.09. The number of amides is 1. The van der Waals surface area contributed by atoms with Crippen LogP contribution in [0.3, 0.4) is 0 Å². The Labute approximate surface area is 191 Å². The van der Waals surface area contributed by atoms with Gasteiger partial charge in [-0.3, -0.25) is 14.6 Å². The number of halogens is 2. The Kier molecular flexibility index (Phi) is 10.8. The second-order valence-electron chi connectivity index (χ2n) is 6.51. The van der Waals surface area contributed by atoms with Gasteiger partial charge < -0.3 is 20.3 Å². The molecule has 1 aromatic carbocycles. The number of nitrogens with zero attached hydrogens (tertiary/aromatic N) is 2. The third kappa shape index (κ3) is 6.91. The van der Waals surface area contributed by atoms with Crippen molar-refractivity contribution in [1.82, 2.24) is 15.5 Å². The van der Waals surface area contributed by atoms with Crippen molar-refractivity contribution in [1.29, 1.82) is 0 Å². The number of carbonyl (C=O) groups excluding carboxylic acids is 2. The molecule has 1 fully saturated rings. The predicted octanol–water partition coefficient (Wildman–Crippen LogP) is 2.50. The summed E-state index contributed by atoms with van der Waals surface area (Å²) in [5.41, 5.74) is 0.606. The molecule has 0 aliphatic carbocycles. The molecule has 0 aromatic heterocycles. The number of benzene rings is 1. The fraction of sp³-hybridized carbons (Fsp3) is 0.526. The zero-order valence-electron chi connectivity index (χ0n) is 16.4. The van der Waals surface area contributed by atoms with Gasteiger partial charge in [0.05, 0.1) is 19.6 Å². The first kappa shape index (κ1) is 24.7. The Morgan fingerprint density at radius 3 is 2.71 bits per heavy atom. The molecule has 9 heteroatoms. The van der Waals surface area contributed by atoms with Crippen LogP contribution in [-0.2, 0) is 9.53 Å². The van der Waals surface area contributed by atoms with Gasteiger partial charge in [-0.1, -0.05) is 28.9 Å². The van der Waals surface area contributed by atoms with Crippen LogP contribution in [0.5, 0.6) is 0 Å². The minimum absolute atomic E-state index is 0. The van der Waals surface area contributed by atoms with E-state index in [9.17, 15) is 9.59 Å². The number of carbonyl (C=O) groups is 2. The van der Waals surface area contributed by atoms with Crippen molar-refractivity contribution in [2.75, 3.05) is 39.8 Å². The Hall–Kier alpha value is -1.36. The van der Waals surface area contributed by atoms with Crippen molar-refractivity contribution in [2.45, 2.75) is 13.8 Å². The lowest BCUT2D eigenvalue weighted by Gasteiger charge is -2.21. The summed E-state index contributed by atoms with van der Waals surface area (Å²) in [5.74, 6) is 0.513. The average molecular weight is 567 g/mol. The van der Waals surface area contributed by atoms with E-state index in [1.165, 1.54) is 7.11 Å². The number of guanidine groups is 1. The number of nitrogens with one attached hydrogen (secondary N) is 2. The fourth-order valence-corrected chi connectivity index (χ4v) is 3.49. The third-order valence-electron chi connectivity index (χ3n) is 4.50. The number of likely N-dealkylation sites (tertiary alicyclic amines) is 1. The Bertz CT molecular complexity index is 702. The first-order chi connectivity index (χ1) is 13.0. The molecule has 1 amide bonds. The molecule has 156 valence electrons. The van der Waals surface area contributed by atoms with Crippen LogP contribution in [0.25, 0.3) is 0 Å². The van der Waals surface area contributed by atoms with E-state index in [1.54, 1.807) is 12.1 Å². The van der Waals surface area contributed by atoms with Crippen molar-refractivity contribution >= 4 is 57.7 Å². The second kappa shape index (κ2) is 12.3. The van der Waals surface area contributed by atoms with E-state index in [4.69, 9.17) is 4.74 Å². The van der Waals surface area contributed by atoms with Crippen LogP contribution < -0.4 is 10.6 Å². The summed E-state index contributed by atoms with van der Waals surface area (Å²) in [6.07, 6.45) is 0. The summed E-state index contributed by atoms with van der Waals surface area (Å²) in [7, 11) is 1.42. The standard InChI is InChI=1S/C19H27BrN4O3.HI/c1-4-21-19(24-11-13(2)16(12-24)18(26)27-3)23-9-8-22-17(25)14-6-5-7-15(20)10-14;/h5-7,10,13,16H,4,8-9,11-12H2,1-3H3,(H,21,23)(H,22,25);1H. The number of ether oxygens (including phenoxy) is 1. The predicted molar refractivity (Wildman–Crippen MR) is 124 cm³/mol. The van der Waals surface area contributed by atoms with Crippen molar-refractivity contribution in [3.63, 3.8) is 0 Å². The van der Waals surface area contributed by atoms with Gasteiger partial charge in [0.1, 0.15) is 0 Å². The molecule has 1 saturated heterocycles. The van der Waals surface area contributed by atoms with E-state index in [0.29, 0.717) is 25.2 Å². The highest BCUT2D eigenvalue weighted by molar-refractivity contribution is 14.0. The smallest absolute Gasteiger partial charge is 0.310 e. The van der Waals surface area contributed by atoms with Gasteiger partial charge in [0.15, 0.2) is 5.96 Å². The van der Waals surface area contributed by atoms with Gasteiger partial charge in [-0.15, -0.1) is 24.0 Å². The van der Waals surface area contributed by atoms with Crippen LogP contribution in [0, 0.1) is 11.8 Å². The maximum absolute atomic E-state index is 12.2. The van der Waals surface area contributed by atoms with Crippen molar-refractivity contribution in [2.24, 2.45) is 16.8 Å². The molecule has 2 unspecified atom stereocenters. The zero-order chi connectivity index (χ0) is 19.8. The average Bonchev–Trinajstić information content (AvgIpc) is 3.05. The molecule has 2 rings (SSSR count). The molecule has 2 atom stereocenters. The number of hydrogen-bond acceptors (Lipinski definition) is 4. The molecule has 0 bridgehead atoms. The Balaban J connectivity index is 0.00000392. The van der Waals surface area contributed by atoms with Gasteiger partial charge in [-0.2, -0.15) is 0 Å². The summed E-state index contributed by atoms with van der Waals surface area (Å²) < 4.78 is 5.76. The first-order valence-electron chi connectivity index (χ1n) is 9.11. The SMILES string of the molecule is CCNC(=NCCNC(=O)c1cccc(Br)c1)N1CC(C)C(C(=O)OC)C1.I. The lowest BCUT2D eigenvalue weighted by atomic mass is 9.99. The normalized spacial score (nSPS) is 19.0. The third-order valence-corrected chi connectivity index (χ3v) is 4.99. The number of aliphatic imine (C=N–C) groups is 1. The quantitative estimate of drug-likeness (QED) is 0.182. The highest BCUT2D eigenvalue weighted by atomic mass is 127. The molecule has 2 N–H and O–H groups in total. The van der Waals surface area contributed by atoms with Crippen molar-refractivity contribution in [3.8, 4) is 0 Å². The molecular weight excluding hydrogens is 539 g/mol. The highest BCUT2D eigenvalue weighted by Crippen LogP contribution is 2.24. The molecular formula is C19H28BrIN4O3. The van der Waals surface area contributed by atoms with Crippen molar-refractivity contribution in [3.05, 3.63) is 34.3 Å². The first-order valence-corrected chi connectivity index (χ1v) is 9.90. The summed E-state index contributed by atoms with van der Waals surface area (Å²) >= 11 is 3.36. The van der Waals surface area contributed by atoms with E-state index in [-0.39, 0.29) is 47.7 Å². The number of esters is 1. The van der Waals surface area contributed by atoms with Crippen LogP contribution in [0.15, 0.2) is 33.7 Å². The van der Waals surface area contributed by atoms with Crippen LogP contribution in [-0.4, -0.2) is 62.6 Å². The van der Waals surface area contributed by atoms with Crippen LogP contribution >= 0.6 is 39.9 Å². The molecule has 0 saturated carbocycles. The molecule has 0 spiro atoms. The molecule has 28 heavy (non-hydrogen) atoms. The lowest BCUT2D eigenvalue weighted by Crippen LogP contribution is -2.41. The number of methoxy groups -OCH3 is 1. The topological polar surface area (TPSA) is 83.0 Å². The van der Waals surface area contributed by atoms with Gasteiger partial charge in [0.25, 0.3) is 5.91 Å². The molecule has 1 aliphatic rings. The zero-order valence-corrected chi connectivity index (χ0v) is 20.3. The van der Waals surface area contributed by atoms with Gasteiger partial charge in [0, 0.05) is 36.2 Å². The van der Waals surface area contributed by atoms with E-state index < -0.39 is 0 Å². The Morgan fingerprint density at radius 2 is 2.07 bits per heavy atom. The van der Waals surface area contributed by atoms with Gasteiger partial charge in [-0.25, -0.2) is 0 Å². The van der Waals surface area contributed by atoms with Gasteiger partial charge in [-0.05, 0) is 31.0 Å². The maximum atomic E-state index is 12.2. The largest absolute Gasteiger partial charge is 0.469 e. The highest BCUT2D eigenvalue weighted by Gasteiger charge is 2.36.